The first-order chi connectivity index (χ1) is 8.40. The molecule has 0 aliphatic heterocycles. The van der Waals surface area contributed by atoms with Gasteiger partial charge in [-0.25, -0.2) is 0 Å². The lowest BCUT2D eigenvalue weighted by molar-refractivity contribution is 0.0577. The minimum absolute atomic E-state index is 0.218. The van der Waals surface area contributed by atoms with Crippen LogP contribution in [0, 0.1) is 17.2 Å². The van der Waals surface area contributed by atoms with Gasteiger partial charge in [-0.05, 0) is 25.7 Å². The summed E-state index contributed by atoms with van der Waals surface area (Å²) in [7, 11) is 0. The summed E-state index contributed by atoms with van der Waals surface area (Å²) in [4.78, 5) is 0. The van der Waals surface area contributed by atoms with Crippen LogP contribution in [0.3, 0.4) is 0 Å². The van der Waals surface area contributed by atoms with Crippen LogP contribution < -0.4 is 5.32 Å². The average Bonchev–Trinajstić information content (AvgIpc) is 2.88. The summed E-state index contributed by atoms with van der Waals surface area (Å²) in [6, 6.07) is 2.84. The van der Waals surface area contributed by atoms with Gasteiger partial charge in [-0.15, -0.1) is 0 Å². The predicted octanol–water partition coefficient (Wildman–Crippen LogP) is 2.62. The largest absolute Gasteiger partial charge is 0.377 e. The molecule has 17 heavy (non-hydrogen) atoms. The molecule has 0 bridgehead atoms. The van der Waals surface area contributed by atoms with Crippen molar-refractivity contribution in [1.82, 2.24) is 5.32 Å². The summed E-state index contributed by atoms with van der Waals surface area (Å²) in [5.74, 6) is 0.218. The van der Waals surface area contributed by atoms with Gasteiger partial charge in [-0.2, -0.15) is 5.26 Å². The van der Waals surface area contributed by atoms with E-state index in [1.54, 1.807) is 0 Å². The Labute approximate surface area is 105 Å². The highest BCUT2D eigenvalue weighted by atomic mass is 16.5. The zero-order chi connectivity index (χ0) is 11.9. The number of nitriles is 1. The van der Waals surface area contributed by atoms with Gasteiger partial charge < -0.3 is 10.1 Å². The van der Waals surface area contributed by atoms with E-state index >= 15 is 0 Å². The Morgan fingerprint density at radius 3 is 2.53 bits per heavy atom. The van der Waals surface area contributed by atoms with Crippen LogP contribution in [-0.2, 0) is 4.74 Å². The van der Waals surface area contributed by atoms with E-state index in [0.717, 1.165) is 26.0 Å². The van der Waals surface area contributed by atoms with E-state index < -0.39 is 0 Å². The molecule has 3 nitrogen and oxygen atoms in total. The summed E-state index contributed by atoms with van der Waals surface area (Å²) in [5.41, 5.74) is 0. The van der Waals surface area contributed by atoms with Gasteiger partial charge in [0.15, 0.2) is 0 Å². The topological polar surface area (TPSA) is 45.0 Å². The first-order valence-corrected chi connectivity index (χ1v) is 7.15. The molecule has 0 saturated heterocycles. The van der Waals surface area contributed by atoms with Crippen LogP contribution in [0.1, 0.15) is 51.4 Å². The standard InChI is InChI=1S/C14H24N2O/c15-11-12-5-1-4-8-14(12)16-9-10-17-13-6-2-3-7-13/h12-14,16H,1-10H2. The molecule has 0 heterocycles. The molecule has 0 aromatic heterocycles. The predicted molar refractivity (Wildman–Crippen MR) is 67.6 cm³/mol. The molecule has 2 aliphatic carbocycles. The van der Waals surface area contributed by atoms with Gasteiger partial charge in [0, 0.05) is 12.6 Å². The fourth-order valence-electron chi connectivity index (χ4n) is 3.05. The third-order valence-corrected chi connectivity index (χ3v) is 4.10. The van der Waals surface area contributed by atoms with Crippen molar-refractivity contribution in [3.05, 3.63) is 0 Å². The second-order valence-corrected chi connectivity index (χ2v) is 5.36. The monoisotopic (exact) mass is 236 g/mol. The normalized spacial score (nSPS) is 30.3. The molecule has 2 aliphatic rings. The summed E-state index contributed by atoms with van der Waals surface area (Å²) in [6.07, 6.45) is 10.4. The van der Waals surface area contributed by atoms with Crippen LogP contribution in [0.5, 0.6) is 0 Å². The summed E-state index contributed by atoms with van der Waals surface area (Å²) >= 11 is 0. The maximum Gasteiger partial charge on any atom is 0.0672 e. The quantitative estimate of drug-likeness (QED) is 0.746. The van der Waals surface area contributed by atoms with E-state index in [2.05, 4.69) is 11.4 Å². The highest BCUT2D eigenvalue weighted by molar-refractivity contribution is 4.94. The maximum atomic E-state index is 9.07. The Bertz CT molecular complexity index is 255. The molecule has 96 valence electrons. The lowest BCUT2D eigenvalue weighted by Crippen LogP contribution is -2.39. The Morgan fingerprint density at radius 2 is 1.76 bits per heavy atom. The van der Waals surface area contributed by atoms with Crippen molar-refractivity contribution in [2.24, 2.45) is 5.92 Å². The van der Waals surface area contributed by atoms with Crippen molar-refractivity contribution in [3.63, 3.8) is 0 Å². The fraction of sp³-hybridized carbons (Fsp3) is 0.929. The molecule has 0 radical (unpaired) electrons. The minimum Gasteiger partial charge on any atom is -0.377 e. The Hall–Kier alpha value is -0.590. The molecule has 2 fully saturated rings. The third-order valence-electron chi connectivity index (χ3n) is 4.10. The first kappa shape index (κ1) is 12.9. The summed E-state index contributed by atoms with van der Waals surface area (Å²) < 4.78 is 5.82. The molecule has 0 aromatic rings. The zero-order valence-electron chi connectivity index (χ0n) is 10.7. The summed E-state index contributed by atoms with van der Waals surface area (Å²) in [6.45, 7) is 1.71. The van der Waals surface area contributed by atoms with Gasteiger partial charge >= 0.3 is 0 Å². The zero-order valence-corrected chi connectivity index (χ0v) is 10.7. The Kier molecular flexibility index (Phi) is 5.28. The van der Waals surface area contributed by atoms with E-state index in [-0.39, 0.29) is 5.92 Å². The van der Waals surface area contributed by atoms with Crippen molar-refractivity contribution >= 4 is 0 Å². The molecule has 2 unspecified atom stereocenters. The van der Waals surface area contributed by atoms with Crippen molar-refractivity contribution in [2.75, 3.05) is 13.2 Å². The van der Waals surface area contributed by atoms with Crippen LogP contribution >= 0.6 is 0 Å². The van der Waals surface area contributed by atoms with Gasteiger partial charge in [0.1, 0.15) is 0 Å². The summed E-state index contributed by atoms with van der Waals surface area (Å²) in [5, 5.41) is 12.6. The molecule has 0 amide bonds. The highest BCUT2D eigenvalue weighted by Crippen LogP contribution is 2.24. The van der Waals surface area contributed by atoms with E-state index in [1.807, 2.05) is 0 Å². The van der Waals surface area contributed by atoms with Crippen molar-refractivity contribution in [2.45, 2.75) is 63.5 Å². The molecule has 0 spiro atoms. The molecular weight excluding hydrogens is 212 g/mol. The van der Waals surface area contributed by atoms with Gasteiger partial charge in [-0.1, -0.05) is 25.7 Å². The van der Waals surface area contributed by atoms with Crippen molar-refractivity contribution < 1.29 is 4.74 Å². The van der Waals surface area contributed by atoms with Gasteiger partial charge in [0.2, 0.25) is 0 Å². The molecule has 0 aromatic carbocycles. The maximum absolute atomic E-state index is 9.07. The van der Waals surface area contributed by atoms with Crippen LogP contribution in [0.25, 0.3) is 0 Å². The molecule has 2 rings (SSSR count). The highest BCUT2D eigenvalue weighted by Gasteiger charge is 2.24. The van der Waals surface area contributed by atoms with Crippen molar-refractivity contribution in [1.29, 1.82) is 5.26 Å². The molecule has 1 N–H and O–H groups in total. The number of nitrogens with one attached hydrogen (secondary N) is 1. The van der Waals surface area contributed by atoms with E-state index in [4.69, 9.17) is 10.00 Å². The van der Waals surface area contributed by atoms with Crippen LogP contribution in [0.2, 0.25) is 0 Å². The van der Waals surface area contributed by atoms with Crippen LogP contribution in [0.15, 0.2) is 0 Å². The lowest BCUT2D eigenvalue weighted by Gasteiger charge is -2.27. The number of rotatable bonds is 5. The molecule has 2 saturated carbocycles. The Morgan fingerprint density at radius 1 is 1.06 bits per heavy atom. The first-order valence-electron chi connectivity index (χ1n) is 7.15. The minimum atomic E-state index is 0.218. The smallest absolute Gasteiger partial charge is 0.0672 e. The number of hydrogen-bond acceptors (Lipinski definition) is 3. The second kappa shape index (κ2) is 6.98. The van der Waals surface area contributed by atoms with E-state index in [1.165, 1.54) is 38.5 Å². The molecule has 2 atom stereocenters. The molecular formula is C14H24N2O. The van der Waals surface area contributed by atoms with Gasteiger partial charge in [0.05, 0.1) is 24.7 Å². The van der Waals surface area contributed by atoms with Crippen molar-refractivity contribution in [3.8, 4) is 6.07 Å². The van der Waals surface area contributed by atoms with E-state index in [9.17, 15) is 0 Å². The van der Waals surface area contributed by atoms with Crippen LogP contribution in [0.4, 0.5) is 0 Å². The third kappa shape index (κ3) is 3.97. The Balaban J connectivity index is 1.58. The van der Waals surface area contributed by atoms with Gasteiger partial charge in [-0.3, -0.25) is 0 Å². The van der Waals surface area contributed by atoms with E-state index in [0.29, 0.717) is 12.1 Å². The molecule has 3 heteroatoms. The fourth-order valence-corrected chi connectivity index (χ4v) is 3.05. The lowest BCUT2D eigenvalue weighted by atomic mass is 9.85. The average molecular weight is 236 g/mol. The SMILES string of the molecule is N#CC1CCCCC1NCCOC1CCCC1. The number of hydrogen-bond donors (Lipinski definition) is 1. The van der Waals surface area contributed by atoms with Crippen LogP contribution in [-0.4, -0.2) is 25.3 Å². The second-order valence-electron chi connectivity index (χ2n) is 5.36. The number of ether oxygens (including phenoxy) is 1. The number of nitrogens with zero attached hydrogens (tertiary/aromatic N) is 1. The van der Waals surface area contributed by atoms with Gasteiger partial charge in [0.25, 0.3) is 0 Å².